The summed E-state index contributed by atoms with van der Waals surface area (Å²) in [7, 11) is 0. The van der Waals surface area contributed by atoms with Crippen LogP contribution in [0.2, 0.25) is 0 Å². The highest BCUT2D eigenvalue weighted by molar-refractivity contribution is 5.41. The summed E-state index contributed by atoms with van der Waals surface area (Å²) in [6.07, 6.45) is 5.21. The Morgan fingerprint density at radius 2 is 1.70 bits per heavy atom. The van der Waals surface area contributed by atoms with Crippen LogP contribution in [0.25, 0.3) is 0 Å². The molecule has 0 amide bonds. The lowest BCUT2D eigenvalue weighted by Gasteiger charge is -2.34. The zero-order valence-corrected chi connectivity index (χ0v) is 13.6. The van der Waals surface area contributed by atoms with Gasteiger partial charge in [0.1, 0.15) is 0 Å². The third-order valence-corrected chi connectivity index (χ3v) is 3.64. The Kier molecular flexibility index (Phi) is 4.80. The summed E-state index contributed by atoms with van der Waals surface area (Å²) < 4.78 is 0. The van der Waals surface area contributed by atoms with E-state index in [-0.39, 0.29) is 0 Å². The second-order valence-electron chi connectivity index (χ2n) is 5.94. The highest BCUT2D eigenvalue weighted by atomic mass is 15.4. The number of piperazine rings is 1. The molecule has 0 saturated carbocycles. The minimum absolute atomic E-state index is 0.558. The molecule has 3 heterocycles. The van der Waals surface area contributed by atoms with Crippen molar-refractivity contribution < 1.29 is 0 Å². The van der Waals surface area contributed by atoms with Gasteiger partial charge < -0.3 is 15.1 Å². The summed E-state index contributed by atoms with van der Waals surface area (Å²) in [4.78, 5) is 17.5. The van der Waals surface area contributed by atoms with E-state index in [9.17, 15) is 0 Å². The molecule has 3 rings (SSSR count). The minimum Gasteiger partial charge on any atom is -0.368 e. The van der Waals surface area contributed by atoms with Crippen LogP contribution < -0.4 is 15.1 Å². The minimum atomic E-state index is 0.558. The number of aromatic nitrogens is 5. The molecule has 8 nitrogen and oxygen atoms in total. The monoisotopic (exact) mass is 314 g/mol. The molecular weight excluding hydrogens is 292 g/mol. The first-order chi connectivity index (χ1) is 11.2. The largest absolute Gasteiger partial charge is 0.368 e. The van der Waals surface area contributed by atoms with E-state index in [2.05, 4.69) is 54.1 Å². The summed E-state index contributed by atoms with van der Waals surface area (Å²) in [5.41, 5.74) is 0. The Hall–Kier alpha value is -2.51. The number of nitrogens with zero attached hydrogens (tertiary/aromatic N) is 7. The van der Waals surface area contributed by atoms with Gasteiger partial charge in [-0.25, -0.2) is 9.97 Å². The van der Waals surface area contributed by atoms with Crippen molar-refractivity contribution in [2.24, 2.45) is 5.92 Å². The number of rotatable bonds is 5. The van der Waals surface area contributed by atoms with Gasteiger partial charge in [0, 0.05) is 45.1 Å². The lowest BCUT2D eigenvalue weighted by atomic mass is 10.2. The average molecular weight is 314 g/mol. The Balaban J connectivity index is 1.60. The van der Waals surface area contributed by atoms with Gasteiger partial charge in [0.25, 0.3) is 0 Å². The fourth-order valence-corrected chi connectivity index (χ4v) is 2.38. The number of anilines is 3. The molecule has 8 heteroatoms. The van der Waals surface area contributed by atoms with Crippen LogP contribution in [0.15, 0.2) is 24.7 Å². The first kappa shape index (κ1) is 15.4. The molecule has 1 aliphatic heterocycles. The van der Waals surface area contributed by atoms with Crippen molar-refractivity contribution in [2.45, 2.75) is 13.8 Å². The van der Waals surface area contributed by atoms with Gasteiger partial charge >= 0.3 is 0 Å². The Labute approximate surface area is 136 Å². The molecule has 0 radical (unpaired) electrons. The first-order valence-electron chi connectivity index (χ1n) is 7.93. The summed E-state index contributed by atoms with van der Waals surface area (Å²) in [6, 6.07) is 1.83. The van der Waals surface area contributed by atoms with Gasteiger partial charge in [-0.15, -0.1) is 5.10 Å². The normalized spacial score (nSPS) is 15.1. The standard InChI is InChI=1S/C15H22N8/c1-12(2)10-18-13-11-19-21-15(20-13)23-8-6-22(7-9-23)14-16-4-3-5-17-14/h3-5,11-12H,6-10H2,1-2H3,(H,18,20,21). The van der Waals surface area contributed by atoms with Gasteiger partial charge in [-0.3, -0.25) is 0 Å². The van der Waals surface area contributed by atoms with Crippen molar-refractivity contribution in [3.05, 3.63) is 24.7 Å². The van der Waals surface area contributed by atoms with Crippen molar-refractivity contribution in [1.29, 1.82) is 0 Å². The van der Waals surface area contributed by atoms with E-state index >= 15 is 0 Å². The molecule has 0 bridgehead atoms. The second kappa shape index (κ2) is 7.17. The second-order valence-corrected chi connectivity index (χ2v) is 5.94. The number of hydrogen-bond acceptors (Lipinski definition) is 8. The lowest BCUT2D eigenvalue weighted by Crippen LogP contribution is -2.47. The predicted octanol–water partition coefficient (Wildman–Crippen LogP) is 1.06. The van der Waals surface area contributed by atoms with E-state index in [1.54, 1.807) is 18.6 Å². The van der Waals surface area contributed by atoms with Gasteiger partial charge in [0.15, 0.2) is 5.82 Å². The van der Waals surface area contributed by atoms with Crippen LogP contribution in [0, 0.1) is 5.92 Å². The molecule has 1 fully saturated rings. The lowest BCUT2D eigenvalue weighted by molar-refractivity contribution is 0.623. The van der Waals surface area contributed by atoms with Gasteiger partial charge in [0.05, 0.1) is 6.20 Å². The molecule has 2 aromatic rings. The quantitative estimate of drug-likeness (QED) is 0.877. The molecule has 23 heavy (non-hydrogen) atoms. The molecule has 1 aliphatic rings. The van der Waals surface area contributed by atoms with Crippen molar-refractivity contribution in [3.63, 3.8) is 0 Å². The molecule has 0 aromatic carbocycles. The molecule has 0 spiro atoms. The van der Waals surface area contributed by atoms with E-state index < -0.39 is 0 Å². The van der Waals surface area contributed by atoms with Gasteiger partial charge in [-0.05, 0) is 12.0 Å². The van der Waals surface area contributed by atoms with E-state index in [0.29, 0.717) is 11.9 Å². The maximum atomic E-state index is 4.56. The van der Waals surface area contributed by atoms with Crippen LogP contribution in [-0.4, -0.2) is 57.9 Å². The van der Waals surface area contributed by atoms with Gasteiger partial charge in [0.2, 0.25) is 11.9 Å². The van der Waals surface area contributed by atoms with Crippen LogP contribution in [0.3, 0.4) is 0 Å². The summed E-state index contributed by atoms with van der Waals surface area (Å²) in [5, 5.41) is 11.5. The third-order valence-electron chi connectivity index (χ3n) is 3.64. The van der Waals surface area contributed by atoms with Crippen molar-refractivity contribution in [2.75, 3.05) is 47.8 Å². The molecular formula is C15H22N8. The third kappa shape index (κ3) is 4.02. The van der Waals surface area contributed by atoms with Crippen molar-refractivity contribution in [1.82, 2.24) is 25.1 Å². The number of hydrogen-bond donors (Lipinski definition) is 1. The molecule has 0 atom stereocenters. The van der Waals surface area contributed by atoms with E-state index in [1.807, 2.05) is 6.07 Å². The zero-order valence-electron chi connectivity index (χ0n) is 13.6. The van der Waals surface area contributed by atoms with Crippen LogP contribution in [0.1, 0.15) is 13.8 Å². The fourth-order valence-electron chi connectivity index (χ4n) is 2.38. The highest BCUT2D eigenvalue weighted by Crippen LogP contribution is 2.15. The van der Waals surface area contributed by atoms with E-state index in [4.69, 9.17) is 0 Å². The van der Waals surface area contributed by atoms with Crippen LogP contribution in [-0.2, 0) is 0 Å². The van der Waals surface area contributed by atoms with E-state index in [0.717, 1.165) is 44.5 Å². The molecule has 2 aromatic heterocycles. The molecule has 0 unspecified atom stereocenters. The molecule has 1 N–H and O–H groups in total. The molecule has 1 saturated heterocycles. The summed E-state index contributed by atoms with van der Waals surface area (Å²) in [6.45, 7) is 8.53. The maximum Gasteiger partial charge on any atom is 0.247 e. The summed E-state index contributed by atoms with van der Waals surface area (Å²) in [5.74, 6) is 2.78. The van der Waals surface area contributed by atoms with Crippen molar-refractivity contribution in [3.8, 4) is 0 Å². The Bertz CT molecular complexity index is 610. The predicted molar refractivity (Wildman–Crippen MR) is 89.6 cm³/mol. The van der Waals surface area contributed by atoms with Gasteiger partial charge in [-0.1, -0.05) is 13.8 Å². The maximum absolute atomic E-state index is 4.56. The molecule has 0 aliphatic carbocycles. The smallest absolute Gasteiger partial charge is 0.247 e. The van der Waals surface area contributed by atoms with Gasteiger partial charge in [-0.2, -0.15) is 10.1 Å². The van der Waals surface area contributed by atoms with Crippen LogP contribution in [0.4, 0.5) is 17.7 Å². The first-order valence-corrected chi connectivity index (χ1v) is 7.93. The highest BCUT2D eigenvalue weighted by Gasteiger charge is 2.21. The SMILES string of the molecule is CC(C)CNc1cnnc(N2CCN(c3ncccn3)CC2)n1. The Morgan fingerprint density at radius 1 is 1.04 bits per heavy atom. The van der Waals surface area contributed by atoms with Crippen LogP contribution >= 0.6 is 0 Å². The fraction of sp³-hybridized carbons (Fsp3) is 0.533. The Morgan fingerprint density at radius 3 is 2.35 bits per heavy atom. The van der Waals surface area contributed by atoms with Crippen molar-refractivity contribution >= 4 is 17.7 Å². The zero-order chi connectivity index (χ0) is 16.1. The summed E-state index contributed by atoms with van der Waals surface area (Å²) >= 11 is 0. The average Bonchev–Trinajstić information content (AvgIpc) is 2.61. The van der Waals surface area contributed by atoms with Crippen LogP contribution in [0.5, 0.6) is 0 Å². The topological polar surface area (TPSA) is 83.0 Å². The number of nitrogens with one attached hydrogen (secondary N) is 1. The van der Waals surface area contributed by atoms with E-state index in [1.165, 1.54) is 0 Å². The molecule has 122 valence electrons.